The fourth-order valence-corrected chi connectivity index (χ4v) is 3.19. The lowest BCUT2D eigenvalue weighted by Gasteiger charge is -2.14. The minimum absolute atomic E-state index is 0.0157. The fourth-order valence-electron chi connectivity index (χ4n) is 3.19. The molecule has 0 fully saturated rings. The molecular weight excluding hydrogens is 382 g/mol. The van der Waals surface area contributed by atoms with Crippen LogP contribution in [-0.2, 0) is 0 Å². The van der Waals surface area contributed by atoms with Crippen LogP contribution in [0.15, 0.2) is 77.6 Å². The number of nitro groups is 1. The van der Waals surface area contributed by atoms with Crippen molar-refractivity contribution >= 4 is 28.7 Å². The molecule has 7 heteroatoms. The minimum Gasteiger partial charge on any atom is -0.495 e. The third-order valence-corrected chi connectivity index (χ3v) is 4.66. The minimum atomic E-state index is -0.447. The Morgan fingerprint density at radius 1 is 0.967 bits per heavy atom. The number of non-ortho nitro benzene ring substituents is 1. The summed E-state index contributed by atoms with van der Waals surface area (Å²) in [6, 6.07) is 20.5. The van der Waals surface area contributed by atoms with E-state index in [0.717, 1.165) is 5.56 Å². The SMILES string of the molecule is COc1ccccc1-n1c(C=Cc2ccc([N+](=O)[O-])cc2)nc2ccccc2c1=O. The number of fused-ring (bicyclic) bond motifs is 1. The average Bonchev–Trinajstić information content (AvgIpc) is 2.78. The molecule has 0 N–H and O–H groups in total. The van der Waals surface area contributed by atoms with Gasteiger partial charge in [0.05, 0.1) is 28.6 Å². The molecule has 0 unspecified atom stereocenters. The van der Waals surface area contributed by atoms with Crippen molar-refractivity contribution in [2.45, 2.75) is 0 Å². The van der Waals surface area contributed by atoms with Crippen molar-refractivity contribution in [2.75, 3.05) is 7.11 Å². The second kappa shape index (κ2) is 8.00. The van der Waals surface area contributed by atoms with Gasteiger partial charge < -0.3 is 4.74 Å². The molecule has 0 amide bonds. The second-order valence-corrected chi connectivity index (χ2v) is 6.48. The highest BCUT2D eigenvalue weighted by molar-refractivity contribution is 5.80. The summed E-state index contributed by atoms with van der Waals surface area (Å²) in [4.78, 5) is 28.4. The van der Waals surface area contributed by atoms with E-state index in [1.807, 2.05) is 18.2 Å². The first-order valence-electron chi connectivity index (χ1n) is 9.16. The lowest BCUT2D eigenvalue weighted by Crippen LogP contribution is -2.22. The molecule has 0 aliphatic rings. The molecule has 3 aromatic carbocycles. The molecule has 1 aromatic heterocycles. The molecule has 0 atom stereocenters. The van der Waals surface area contributed by atoms with Gasteiger partial charge in [-0.2, -0.15) is 0 Å². The van der Waals surface area contributed by atoms with Gasteiger partial charge in [-0.25, -0.2) is 4.98 Å². The Hall–Kier alpha value is -4.26. The van der Waals surface area contributed by atoms with Crippen molar-refractivity contribution in [1.82, 2.24) is 9.55 Å². The number of hydrogen-bond acceptors (Lipinski definition) is 5. The van der Waals surface area contributed by atoms with Gasteiger partial charge in [-0.3, -0.25) is 19.5 Å². The topological polar surface area (TPSA) is 87.3 Å². The van der Waals surface area contributed by atoms with Gasteiger partial charge in [0.2, 0.25) is 0 Å². The maximum Gasteiger partial charge on any atom is 0.269 e. The Morgan fingerprint density at radius 3 is 2.40 bits per heavy atom. The van der Waals surface area contributed by atoms with Crippen LogP contribution in [-0.4, -0.2) is 21.6 Å². The quantitative estimate of drug-likeness (QED) is 0.365. The molecule has 148 valence electrons. The second-order valence-electron chi connectivity index (χ2n) is 6.48. The van der Waals surface area contributed by atoms with Gasteiger partial charge in [-0.1, -0.05) is 30.3 Å². The highest BCUT2D eigenvalue weighted by Crippen LogP contribution is 2.24. The van der Waals surface area contributed by atoms with Crippen LogP contribution < -0.4 is 10.3 Å². The van der Waals surface area contributed by atoms with Crippen LogP contribution in [0.25, 0.3) is 28.7 Å². The number of benzene rings is 3. The lowest BCUT2D eigenvalue weighted by atomic mass is 10.2. The first-order valence-corrected chi connectivity index (χ1v) is 9.16. The molecule has 30 heavy (non-hydrogen) atoms. The summed E-state index contributed by atoms with van der Waals surface area (Å²) in [6.07, 6.45) is 3.47. The third kappa shape index (κ3) is 3.56. The Bertz CT molecular complexity index is 1320. The predicted molar refractivity (Wildman–Crippen MR) is 116 cm³/mol. The molecule has 0 saturated heterocycles. The van der Waals surface area contributed by atoms with E-state index in [4.69, 9.17) is 4.74 Å². The molecule has 7 nitrogen and oxygen atoms in total. The first kappa shape index (κ1) is 19.1. The van der Waals surface area contributed by atoms with Gasteiger partial charge in [0.1, 0.15) is 11.6 Å². The van der Waals surface area contributed by atoms with E-state index < -0.39 is 4.92 Å². The fraction of sp³-hybridized carbons (Fsp3) is 0.0435. The average molecular weight is 399 g/mol. The van der Waals surface area contributed by atoms with Gasteiger partial charge in [0, 0.05) is 12.1 Å². The monoisotopic (exact) mass is 399 g/mol. The normalized spacial score (nSPS) is 11.1. The Morgan fingerprint density at radius 2 is 1.67 bits per heavy atom. The van der Waals surface area contributed by atoms with E-state index in [-0.39, 0.29) is 11.2 Å². The lowest BCUT2D eigenvalue weighted by molar-refractivity contribution is -0.384. The van der Waals surface area contributed by atoms with Crippen molar-refractivity contribution in [3.63, 3.8) is 0 Å². The van der Waals surface area contributed by atoms with Crippen LogP contribution in [0, 0.1) is 10.1 Å². The van der Waals surface area contributed by atoms with Crippen LogP contribution in [0.1, 0.15) is 11.4 Å². The largest absolute Gasteiger partial charge is 0.495 e. The van der Waals surface area contributed by atoms with Gasteiger partial charge in [0.15, 0.2) is 0 Å². The third-order valence-electron chi connectivity index (χ3n) is 4.66. The maximum absolute atomic E-state index is 13.3. The molecule has 0 saturated carbocycles. The standard InChI is InChI=1S/C23H17N3O4/c1-30-21-9-5-4-8-20(21)25-22(24-19-7-3-2-6-18(19)23(25)27)15-12-16-10-13-17(14-11-16)26(28)29/h2-15H,1H3. The number of para-hydroxylation sites is 3. The van der Waals surface area contributed by atoms with E-state index >= 15 is 0 Å². The van der Waals surface area contributed by atoms with Crippen LogP contribution in [0.5, 0.6) is 5.75 Å². The number of methoxy groups -OCH3 is 1. The summed E-state index contributed by atoms with van der Waals surface area (Å²) in [7, 11) is 1.55. The first-order chi connectivity index (χ1) is 14.6. The number of nitro benzene ring substituents is 1. The number of aromatic nitrogens is 2. The van der Waals surface area contributed by atoms with Crippen molar-refractivity contribution in [3.05, 3.63) is 105 Å². The highest BCUT2D eigenvalue weighted by Gasteiger charge is 2.14. The molecule has 0 aliphatic carbocycles. The van der Waals surface area contributed by atoms with Crippen LogP contribution >= 0.6 is 0 Å². The molecule has 1 heterocycles. The van der Waals surface area contributed by atoms with Gasteiger partial charge in [0.25, 0.3) is 11.2 Å². The molecule has 0 aliphatic heterocycles. The highest BCUT2D eigenvalue weighted by atomic mass is 16.6. The maximum atomic E-state index is 13.3. The van der Waals surface area contributed by atoms with Crippen molar-refractivity contribution < 1.29 is 9.66 Å². The summed E-state index contributed by atoms with van der Waals surface area (Å²) >= 11 is 0. The number of rotatable bonds is 5. The summed E-state index contributed by atoms with van der Waals surface area (Å²) in [5, 5.41) is 11.3. The summed E-state index contributed by atoms with van der Waals surface area (Å²) in [6.45, 7) is 0. The van der Waals surface area contributed by atoms with E-state index in [0.29, 0.717) is 28.2 Å². The van der Waals surface area contributed by atoms with Gasteiger partial charge in [-0.05, 0) is 48.0 Å². The van der Waals surface area contributed by atoms with E-state index in [2.05, 4.69) is 4.98 Å². The summed E-state index contributed by atoms with van der Waals surface area (Å²) < 4.78 is 6.95. The molecule has 4 aromatic rings. The summed E-state index contributed by atoms with van der Waals surface area (Å²) in [5.74, 6) is 0.961. The molecular formula is C23H17N3O4. The number of nitrogens with zero attached hydrogens (tertiary/aromatic N) is 3. The molecule has 4 rings (SSSR count). The van der Waals surface area contributed by atoms with Gasteiger partial charge >= 0.3 is 0 Å². The molecule has 0 radical (unpaired) electrons. The van der Waals surface area contributed by atoms with Crippen LogP contribution in [0.2, 0.25) is 0 Å². The Labute approximate surface area is 171 Å². The Balaban J connectivity index is 1.90. The van der Waals surface area contributed by atoms with Crippen LogP contribution in [0.3, 0.4) is 0 Å². The zero-order valence-corrected chi connectivity index (χ0v) is 16.1. The zero-order chi connectivity index (χ0) is 21.1. The van der Waals surface area contributed by atoms with Gasteiger partial charge in [-0.15, -0.1) is 0 Å². The Kier molecular flexibility index (Phi) is 5.09. The van der Waals surface area contributed by atoms with Crippen molar-refractivity contribution in [2.24, 2.45) is 0 Å². The molecule has 0 bridgehead atoms. The van der Waals surface area contributed by atoms with Crippen molar-refractivity contribution in [3.8, 4) is 11.4 Å². The van der Waals surface area contributed by atoms with Crippen LogP contribution in [0.4, 0.5) is 5.69 Å². The molecule has 0 spiro atoms. The number of hydrogen-bond donors (Lipinski definition) is 0. The number of ether oxygens (including phenoxy) is 1. The van der Waals surface area contributed by atoms with Crippen molar-refractivity contribution in [1.29, 1.82) is 0 Å². The smallest absolute Gasteiger partial charge is 0.269 e. The van der Waals surface area contributed by atoms with E-state index in [1.165, 1.54) is 16.7 Å². The summed E-state index contributed by atoms with van der Waals surface area (Å²) in [5.41, 5.74) is 1.70. The predicted octanol–water partition coefficient (Wildman–Crippen LogP) is 4.47. The zero-order valence-electron chi connectivity index (χ0n) is 16.1. The van der Waals surface area contributed by atoms with E-state index in [1.54, 1.807) is 61.7 Å². The van der Waals surface area contributed by atoms with E-state index in [9.17, 15) is 14.9 Å².